The minimum Gasteiger partial charge on any atom is -0.481 e. The third-order valence-corrected chi connectivity index (χ3v) is 6.38. The lowest BCUT2D eigenvalue weighted by Gasteiger charge is -2.19. The molecule has 3 N–H and O–H groups in total. The number of halogens is 1. The molecule has 0 spiro atoms. The minimum absolute atomic E-state index is 0.0755. The van der Waals surface area contributed by atoms with Crippen LogP contribution in [0.3, 0.4) is 0 Å². The van der Waals surface area contributed by atoms with E-state index < -0.39 is 24.0 Å². The van der Waals surface area contributed by atoms with E-state index in [0.29, 0.717) is 10.6 Å². The highest BCUT2D eigenvalue weighted by atomic mass is 35.5. The van der Waals surface area contributed by atoms with Crippen molar-refractivity contribution in [1.82, 2.24) is 10.6 Å². The highest BCUT2D eigenvalue weighted by Gasteiger charge is 2.30. The van der Waals surface area contributed by atoms with Crippen molar-refractivity contribution in [1.29, 1.82) is 0 Å². The van der Waals surface area contributed by atoms with Gasteiger partial charge < -0.3 is 20.5 Å². The number of nitrogens with one attached hydrogen (secondary N) is 2. The van der Waals surface area contributed by atoms with Crippen LogP contribution in [0.4, 0.5) is 4.79 Å². The second kappa shape index (κ2) is 11.1. The fraction of sp³-hybridized carbons (Fsp3) is 0.222. The van der Waals surface area contributed by atoms with E-state index in [-0.39, 0.29) is 31.9 Å². The molecule has 3 aromatic carbocycles. The molecule has 0 saturated heterocycles. The van der Waals surface area contributed by atoms with Gasteiger partial charge in [0.15, 0.2) is 0 Å². The molecule has 0 heterocycles. The Kier molecular flexibility index (Phi) is 7.67. The Hall–Kier alpha value is -3.84. The van der Waals surface area contributed by atoms with Gasteiger partial charge in [-0.1, -0.05) is 78.3 Å². The summed E-state index contributed by atoms with van der Waals surface area (Å²) >= 11 is 6.13. The Bertz CT molecular complexity index is 1200. The molecule has 0 aromatic heterocycles. The van der Waals surface area contributed by atoms with E-state index in [1.807, 2.05) is 48.5 Å². The topological polar surface area (TPSA) is 105 Å². The molecule has 180 valence electrons. The van der Waals surface area contributed by atoms with Crippen LogP contribution in [0.1, 0.15) is 35.4 Å². The number of carbonyl (C=O) groups is 3. The summed E-state index contributed by atoms with van der Waals surface area (Å²) in [5.74, 6) is -1.71. The van der Waals surface area contributed by atoms with E-state index in [1.165, 1.54) is 0 Å². The number of ether oxygens (including phenoxy) is 1. The molecule has 8 heteroatoms. The molecule has 0 fully saturated rings. The second-order valence-electron chi connectivity index (χ2n) is 8.26. The average Bonchev–Trinajstić information content (AvgIpc) is 3.18. The molecule has 1 aliphatic carbocycles. The van der Waals surface area contributed by atoms with Crippen molar-refractivity contribution in [3.8, 4) is 11.1 Å². The summed E-state index contributed by atoms with van der Waals surface area (Å²) in [5, 5.41) is 14.8. The predicted molar refractivity (Wildman–Crippen MR) is 132 cm³/mol. The third kappa shape index (κ3) is 5.81. The zero-order valence-electron chi connectivity index (χ0n) is 18.9. The Labute approximate surface area is 208 Å². The van der Waals surface area contributed by atoms with Gasteiger partial charge >= 0.3 is 12.1 Å². The normalized spacial score (nSPS) is 12.8. The number of hydrogen-bond acceptors (Lipinski definition) is 4. The van der Waals surface area contributed by atoms with Crippen molar-refractivity contribution in [3.63, 3.8) is 0 Å². The fourth-order valence-corrected chi connectivity index (χ4v) is 4.47. The van der Waals surface area contributed by atoms with E-state index in [1.54, 1.807) is 24.3 Å². The van der Waals surface area contributed by atoms with E-state index in [4.69, 9.17) is 21.4 Å². The van der Waals surface area contributed by atoms with Crippen LogP contribution in [0.5, 0.6) is 0 Å². The lowest BCUT2D eigenvalue weighted by Crippen LogP contribution is -2.47. The second-order valence-corrected chi connectivity index (χ2v) is 8.67. The maximum Gasteiger partial charge on any atom is 0.407 e. The van der Waals surface area contributed by atoms with E-state index in [2.05, 4.69) is 10.6 Å². The molecule has 0 bridgehead atoms. The van der Waals surface area contributed by atoms with Crippen molar-refractivity contribution in [2.45, 2.75) is 31.3 Å². The van der Waals surface area contributed by atoms with Gasteiger partial charge in [0.05, 0.1) is 0 Å². The first-order valence-corrected chi connectivity index (χ1v) is 11.7. The number of amides is 2. The summed E-state index contributed by atoms with van der Waals surface area (Å²) in [4.78, 5) is 36.5. The summed E-state index contributed by atoms with van der Waals surface area (Å²) in [7, 11) is 0. The molecule has 2 amide bonds. The molecule has 0 saturated carbocycles. The van der Waals surface area contributed by atoms with Crippen LogP contribution in [0.2, 0.25) is 5.02 Å². The van der Waals surface area contributed by atoms with Crippen LogP contribution in [-0.4, -0.2) is 35.7 Å². The molecular formula is C27H25ClN2O5. The number of carboxylic acid groups (broad SMARTS) is 1. The molecule has 7 nitrogen and oxygen atoms in total. The lowest BCUT2D eigenvalue weighted by atomic mass is 9.98. The van der Waals surface area contributed by atoms with Gasteiger partial charge in [-0.15, -0.1) is 0 Å². The number of fused-ring (bicyclic) bond motifs is 3. The molecule has 35 heavy (non-hydrogen) atoms. The van der Waals surface area contributed by atoms with Gasteiger partial charge in [0.1, 0.15) is 12.6 Å². The Balaban J connectivity index is 1.39. The molecule has 0 radical (unpaired) electrons. The third-order valence-electron chi connectivity index (χ3n) is 6.01. The highest BCUT2D eigenvalue weighted by molar-refractivity contribution is 6.31. The van der Waals surface area contributed by atoms with Crippen molar-refractivity contribution in [2.24, 2.45) is 0 Å². The lowest BCUT2D eigenvalue weighted by molar-refractivity contribution is -0.137. The monoisotopic (exact) mass is 492 g/mol. The van der Waals surface area contributed by atoms with E-state index in [9.17, 15) is 14.4 Å². The van der Waals surface area contributed by atoms with Gasteiger partial charge in [-0.25, -0.2) is 4.79 Å². The number of aliphatic carboxylic acids is 1. The molecule has 3 aromatic rings. The van der Waals surface area contributed by atoms with Crippen molar-refractivity contribution >= 4 is 29.6 Å². The summed E-state index contributed by atoms with van der Waals surface area (Å²) in [6, 6.07) is 21.9. The smallest absolute Gasteiger partial charge is 0.407 e. The zero-order valence-corrected chi connectivity index (χ0v) is 19.6. The van der Waals surface area contributed by atoms with E-state index >= 15 is 0 Å². The molecule has 1 aliphatic rings. The first-order valence-electron chi connectivity index (χ1n) is 11.3. The molecule has 1 atom stereocenters. The quantitative estimate of drug-likeness (QED) is 0.400. The van der Waals surface area contributed by atoms with Gasteiger partial charge in [-0.05, 0) is 40.3 Å². The number of carboxylic acids is 1. The number of hydrogen-bond donors (Lipinski definition) is 3. The van der Waals surface area contributed by atoms with Crippen LogP contribution in [0, 0.1) is 0 Å². The number of rotatable bonds is 9. The Morgan fingerprint density at radius 1 is 0.914 bits per heavy atom. The number of benzene rings is 3. The molecule has 0 aliphatic heterocycles. The fourth-order valence-electron chi connectivity index (χ4n) is 4.27. The highest BCUT2D eigenvalue weighted by Crippen LogP contribution is 2.44. The maximum absolute atomic E-state index is 12.7. The summed E-state index contributed by atoms with van der Waals surface area (Å²) < 4.78 is 5.51. The zero-order chi connectivity index (χ0) is 24.8. The molecule has 4 rings (SSSR count). The van der Waals surface area contributed by atoms with Crippen LogP contribution < -0.4 is 10.6 Å². The minimum atomic E-state index is -1.07. The summed E-state index contributed by atoms with van der Waals surface area (Å²) in [6.07, 6.45) is -1.14. The van der Waals surface area contributed by atoms with Crippen molar-refractivity contribution in [3.05, 3.63) is 94.5 Å². The van der Waals surface area contributed by atoms with Crippen LogP contribution in [-0.2, 0) is 20.9 Å². The predicted octanol–water partition coefficient (Wildman–Crippen LogP) is 4.73. The van der Waals surface area contributed by atoms with Gasteiger partial charge in [-0.2, -0.15) is 0 Å². The van der Waals surface area contributed by atoms with Crippen molar-refractivity contribution in [2.75, 3.05) is 6.61 Å². The maximum atomic E-state index is 12.7. The van der Waals surface area contributed by atoms with Crippen LogP contribution in [0.25, 0.3) is 11.1 Å². The van der Waals surface area contributed by atoms with E-state index in [0.717, 1.165) is 22.3 Å². The van der Waals surface area contributed by atoms with Gasteiger partial charge in [-0.3, -0.25) is 9.59 Å². The Morgan fingerprint density at radius 3 is 2.14 bits per heavy atom. The molecule has 1 unspecified atom stereocenters. The first-order chi connectivity index (χ1) is 16.9. The largest absolute Gasteiger partial charge is 0.481 e. The van der Waals surface area contributed by atoms with Gasteiger partial charge in [0.2, 0.25) is 5.91 Å². The van der Waals surface area contributed by atoms with Gasteiger partial charge in [0, 0.05) is 23.9 Å². The Morgan fingerprint density at radius 2 is 1.51 bits per heavy atom. The summed E-state index contributed by atoms with van der Waals surface area (Å²) in [5.41, 5.74) is 5.06. The average molecular weight is 493 g/mol. The summed E-state index contributed by atoms with van der Waals surface area (Å²) in [6.45, 7) is 0.237. The first kappa shape index (κ1) is 24.3. The van der Waals surface area contributed by atoms with Gasteiger partial charge in [0.25, 0.3) is 0 Å². The van der Waals surface area contributed by atoms with Crippen LogP contribution >= 0.6 is 11.6 Å². The number of alkyl carbamates (subject to hydrolysis) is 1. The van der Waals surface area contributed by atoms with Crippen LogP contribution in [0.15, 0.2) is 72.8 Å². The SMILES string of the molecule is O=C(O)CCC(NC(=O)OCC1c2ccccc2-c2ccccc21)C(=O)NCc1ccccc1Cl. The van der Waals surface area contributed by atoms with Crippen molar-refractivity contribution < 1.29 is 24.2 Å². The standard InChI is InChI=1S/C27H25ClN2O5/c28-23-12-6-1-7-17(23)15-29-26(33)24(13-14-25(31)32)30-27(34)35-16-22-20-10-4-2-8-18(20)19-9-3-5-11-21(19)22/h1-12,22,24H,13-16H2,(H,29,33)(H,30,34)(H,31,32). The molecular weight excluding hydrogens is 468 g/mol. The number of carbonyl (C=O) groups excluding carboxylic acids is 2.